The number of carbonyl (C=O) groups is 2. The molecule has 2 unspecified atom stereocenters. The molecule has 2 atom stereocenters. The average molecular weight is 278 g/mol. The second kappa shape index (κ2) is 6.02. The van der Waals surface area contributed by atoms with Crippen molar-refractivity contribution in [3.8, 4) is 0 Å². The number of amides is 1. The second-order valence-electron chi connectivity index (χ2n) is 4.88. The lowest BCUT2D eigenvalue weighted by Gasteiger charge is -2.34. The predicted molar refractivity (Wildman–Crippen MR) is 73.5 cm³/mol. The van der Waals surface area contributed by atoms with E-state index in [1.54, 1.807) is 0 Å². The Bertz CT molecular complexity index is 518. The molecule has 2 rings (SSSR count). The van der Waals surface area contributed by atoms with Crippen LogP contribution in [0.4, 0.5) is 5.69 Å². The molecule has 0 saturated heterocycles. The quantitative estimate of drug-likeness (QED) is 0.823. The Labute approximate surface area is 117 Å². The molecule has 1 aliphatic rings. The zero-order valence-corrected chi connectivity index (χ0v) is 11.3. The van der Waals surface area contributed by atoms with E-state index in [-0.39, 0.29) is 19.1 Å². The zero-order valence-electron chi connectivity index (χ0n) is 11.3. The van der Waals surface area contributed by atoms with Gasteiger partial charge in [-0.1, -0.05) is 18.2 Å². The van der Waals surface area contributed by atoms with Crippen LogP contribution in [0.1, 0.15) is 5.56 Å². The van der Waals surface area contributed by atoms with Gasteiger partial charge in [-0.05, 0) is 18.1 Å². The molecule has 108 valence electrons. The van der Waals surface area contributed by atoms with Crippen molar-refractivity contribution >= 4 is 17.6 Å². The van der Waals surface area contributed by atoms with Crippen molar-refractivity contribution in [2.75, 3.05) is 25.2 Å². The third kappa shape index (κ3) is 2.81. The number of carboxylic acid groups (broad SMARTS) is 1. The Morgan fingerprint density at radius 2 is 2.20 bits per heavy atom. The summed E-state index contributed by atoms with van der Waals surface area (Å²) in [5.41, 5.74) is 7.36. The molecule has 6 heteroatoms. The highest BCUT2D eigenvalue weighted by Gasteiger charge is 2.33. The Balaban J connectivity index is 2.31. The smallest absolute Gasteiger partial charge is 0.308 e. The molecule has 1 aliphatic heterocycles. The first kappa shape index (κ1) is 14.5. The van der Waals surface area contributed by atoms with E-state index in [9.17, 15) is 14.7 Å². The minimum atomic E-state index is -0.905. The lowest BCUT2D eigenvalue weighted by Crippen LogP contribution is -2.51. The fraction of sp³-hybridized carbons (Fsp3) is 0.429. The van der Waals surface area contributed by atoms with E-state index in [1.807, 2.05) is 24.3 Å². The first-order chi connectivity index (χ1) is 9.54. The molecule has 1 aromatic carbocycles. The minimum absolute atomic E-state index is 0.106. The summed E-state index contributed by atoms with van der Waals surface area (Å²) in [4.78, 5) is 25.0. The molecule has 1 heterocycles. The van der Waals surface area contributed by atoms with E-state index in [2.05, 4.69) is 0 Å². The van der Waals surface area contributed by atoms with Gasteiger partial charge in [0.2, 0.25) is 5.91 Å². The maximum Gasteiger partial charge on any atom is 0.308 e. The summed E-state index contributed by atoms with van der Waals surface area (Å²) in [5.74, 6) is -1.83. The van der Waals surface area contributed by atoms with E-state index < -0.39 is 17.9 Å². The topological polar surface area (TPSA) is 92.9 Å². The highest BCUT2D eigenvalue weighted by Crippen LogP contribution is 2.30. The summed E-state index contributed by atoms with van der Waals surface area (Å²) in [6.45, 7) is 0.248. The molecule has 0 spiro atoms. The molecular weight excluding hydrogens is 260 g/mol. The molecule has 3 N–H and O–H groups in total. The predicted octanol–water partition coefficient (Wildman–Crippen LogP) is 0.250. The summed E-state index contributed by atoms with van der Waals surface area (Å²) in [5, 5.41) is 9.21. The number of carboxylic acids is 1. The number of aliphatic carboxylic acids is 1. The Hall–Kier alpha value is -1.92. The second-order valence-corrected chi connectivity index (χ2v) is 4.88. The van der Waals surface area contributed by atoms with Crippen molar-refractivity contribution in [2.24, 2.45) is 11.7 Å². The summed E-state index contributed by atoms with van der Waals surface area (Å²) in [7, 11) is 1.47. The van der Waals surface area contributed by atoms with Gasteiger partial charge in [0.1, 0.15) is 6.04 Å². The standard InChI is InChI=1S/C14H18N2O4/c1-20-8-11(15)13(17)16-7-10(14(18)19)6-9-4-2-3-5-12(9)16/h2-5,10-11H,6-8,15H2,1H3,(H,18,19). The van der Waals surface area contributed by atoms with Gasteiger partial charge in [0.25, 0.3) is 0 Å². The fourth-order valence-electron chi connectivity index (χ4n) is 2.42. The van der Waals surface area contributed by atoms with Gasteiger partial charge in [-0.15, -0.1) is 0 Å². The van der Waals surface area contributed by atoms with Crippen LogP contribution in [0, 0.1) is 5.92 Å². The number of hydrogen-bond acceptors (Lipinski definition) is 4. The summed E-state index contributed by atoms with van der Waals surface area (Å²) >= 11 is 0. The highest BCUT2D eigenvalue weighted by molar-refractivity contribution is 5.99. The normalized spacial score (nSPS) is 19.3. The molecule has 0 bridgehead atoms. The van der Waals surface area contributed by atoms with Crippen molar-refractivity contribution in [3.63, 3.8) is 0 Å². The van der Waals surface area contributed by atoms with Crippen LogP contribution in [-0.2, 0) is 20.7 Å². The van der Waals surface area contributed by atoms with Crippen LogP contribution < -0.4 is 10.6 Å². The van der Waals surface area contributed by atoms with Gasteiger partial charge in [0.05, 0.1) is 12.5 Å². The van der Waals surface area contributed by atoms with Crippen LogP contribution in [-0.4, -0.2) is 43.3 Å². The third-order valence-corrected chi connectivity index (χ3v) is 3.43. The Morgan fingerprint density at radius 1 is 1.50 bits per heavy atom. The molecule has 20 heavy (non-hydrogen) atoms. The zero-order chi connectivity index (χ0) is 14.7. The number of benzene rings is 1. The monoisotopic (exact) mass is 278 g/mol. The number of ether oxygens (including phenoxy) is 1. The van der Waals surface area contributed by atoms with Crippen molar-refractivity contribution in [1.29, 1.82) is 0 Å². The van der Waals surface area contributed by atoms with Crippen molar-refractivity contribution in [3.05, 3.63) is 29.8 Å². The van der Waals surface area contributed by atoms with Gasteiger partial charge in [-0.3, -0.25) is 9.59 Å². The fourth-order valence-corrected chi connectivity index (χ4v) is 2.42. The molecule has 1 amide bonds. The summed E-state index contributed by atoms with van der Waals surface area (Å²) < 4.78 is 4.89. The number of carbonyl (C=O) groups excluding carboxylic acids is 1. The van der Waals surface area contributed by atoms with Crippen LogP contribution >= 0.6 is 0 Å². The van der Waals surface area contributed by atoms with E-state index in [4.69, 9.17) is 10.5 Å². The summed E-state index contributed by atoms with van der Waals surface area (Å²) in [6, 6.07) is 6.51. The van der Waals surface area contributed by atoms with E-state index in [0.29, 0.717) is 6.42 Å². The largest absolute Gasteiger partial charge is 0.481 e. The molecule has 0 aromatic heterocycles. The number of nitrogens with two attached hydrogens (primary N) is 1. The lowest BCUT2D eigenvalue weighted by atomic mass is 9.92. The van der Waals surface area contributed by atoms with Gasteiger partial charge >= 0.3 is 5.97 Å². The molecule has 1 aromatic rings. The van der Waals surface area contributed by atoms with Crippen LogP contribution in [0.3, 0.4) is 0 Å². The van der Waals surface area contributed by atoms with Gasteiger partial charge in [-0.2, -0.15) is 0 Å². The van der Waals surface area contributed by atoms with Crippen molar-refractivity contribution in [2.45, 2.75) is 12.5 Å². The Morgan fingerprint density at radius 3 is 2.85 bits per heavy atom. The van der Waals surface area contributed by atoms with E-state index in [1.165, 1.54) is 12.0 Å². The highest BCUT2D eigenvalue weighted by atomic mass is 16.5. The molecule has 0 aliphatic carbocycles. The van der Waals surface area contributed by atoms with Crippen molar-refractivity contribution < 1.29 is 19.4 Å². The van der Waals surface area contributed by atoms with Gasteiger partial charge in [0.15, 0.2) is 0 Å². The molecule has 0 fully saturated rings. The van der Waals surface area contributed by atoms with Crippen LogP contribution in [0.2, 0.25) is 0 Å². The van der Waals surface area contributed by atoms with Crippen molar-refractivity contribution in [1.82, 2.24) is 0 Å². The van der Waals surface area contributed by atoms with Crippen LogP contribution in [0.15, 0.2) is 24.3 Å². The lowest BCUT2D eigenvalue weighted by molar-refractivity contribution is -0.141. The van der Waals surface area contributed by atoms with Gasteiger partial charge in [-0.25, -0.2) is 0 Å². The average Bonchev–Trinajstić information content (AvgIpc) is 2.45. The molecule has 0 saturated carbocycles. The number of rotatable bonds is 4. The van der Waals surface area contributed by atoms with Crippen LogP contribution in [0.5, 0.6) is 0 Å². The maximum absolute atomic E-state index is 12.3. The number of nitrogens with zero attached hydrogens (tertiary/aromatic N) is 1. The number of anilines is 1. The first-order valence-electron chi connectivity index (χ1n) is 6.41. The van der Waals surface area contributed by atoms with Gasteiger partial charge < -0.3 is 20.5 Å². The van der Waals surface area contributed by atoms with E-state index in [0.717, 1.165) is 11.3 Å². The minimum Gasteiger partial charge on any atom is -0.481 e. The Kier molecular flexibility index (Phi) is 4.36. The van der Waals surface area contributed by atoms with E-state index >= 15 is 0 Å². The molecular formula is C14H18N2O4. The molecule has 6 nitrogen and oxygen atoms in total. The van der Waals surface area contributed by atoms with Crippen LogP contribution in [0.25, 0.3) is 0 Å². The number of hydrogen-bond donors (Lipinski definition) is 2. The number of methoxy groups -OCH3 is 1. The SMILES string of the molecule is COCC(N)C(=O)N1CC(C(=O)O)Cc2ccccc21. The van der Waals surface area contributed by atoms with Gasteiger partial charge in [0, 0.05) is 19.3 Å². The molecule has 0 radical (unpaired) electrons. The number of para-hydroxylation sites is 1. The first-order valence-corrected chi connectivity index (χ1v) is 6.41. The maximum atomic E-state index is 12.3. The third-order valence-electron chi connectivity index (χ3n) is 3.43. The number of fused-ring (bicyclic) bond motifs is 1. The summed E-state index contributed by atoms with van der Waals surface area (Å²) in [6.07, 6.45) is 0.425.